The zero-order valence-corrected chi connectivity index (χ0v) is 20.7. The van der Waals surface area contributed by atoms with E-state index < -0.39 is 0 Å². The van der Waals surface area contributed by atoms with E-state index in [1.165, 1.54) is 21.3 Å². The van der Waals surface area contributed by atoms with Crippen LogP contribution in [0, 0.1) is 0 Å². The number of methoxy groups -OCH3 is 3. The number of carbonyl (C=O) groups is 1. The van der Waals surface area contributed by atoms with Gasteiger partial charge in [-0.25, -0.2) is 0 Å². The van der Waals surface area contributed by atoms with Crippen LogP contribution in [0.1, 0.15) is 34.5 Å². The van der Waals surface area contributed by atoms with Crippen molar-refractivity contribution in [3.63, 3.8) is 0 Å². The van der Waals surface area contributed by atoms with E-state index in [0.29, 0.717) is 23.8 Å². The molecule has 0 aliphatic rings. The first-order chi connectivity index (χ1) is 15.5. The van der Waals surface area contributed by atoms with Crippen molar-refractivity contribution in [1.29, 1.82) is 0 Å². The third-order valence-corrected chi connectivity index (χ3v) is 5.69. The van der Waals surface area contributed by atoms with Crippen LogP contribution >= 0.6 is 23.7 Å². The minimum atomic E-state index is -0.315. The van der Waals surface area contributed by atoms with Gasteiger partial charge in [-0.15, -0.1) is 12.4 Å². The van der Waals surface area contributed by atoms with Gasteiger partial charge < -0.3 is 30.0 Å². The molecule has 178 valence electrons. The third kappa shape index (κ3) is 6.10. The Morgan fingerprint density at radius 3 is 2.24 bits per heavy atom. The molecule has 1 amide bonds. The van der Waals surface area contributed by atoms with Crippen molar-refractivity contribution in [2.75, 3.05) is 27.9 Å². The first kappa shape index (κ1) is 26.3. The summed E-state index contributed by atoms with van der Waals surface area (Å²) in [7, 11) is 4.47. The molecule has 1 heterocycles. The molecule has 1 atom stereocenters. The lowest BCUT2D eigenvalue weighted by molar-refractivity contribution is 0.0935. The molecule has 1 aromatic heterocycles. The fourth-order valence-electron chi connectivity index (χ4n) is 3.32. The summed E-state index contributed by atoms with van der Waals surface area (Å²) >= 11 is 1.58. The summed E-state index contributed by atoms with van der Waals surface area (Å²) in [6.45, 7) is 2.50. The first-order valence-electron chi connectivity index (χ1n) is 10.1. The molecule has 0 aliphatic carbocycles. The van der Waals surface area contributed by atoms with Crippen LogP contribution in [0.4, 0.5) is 0 Å². The average Bonchev–Trinajstić information content (AvgIpc) is 3.34. The monoisotopic (exact) mass is 492 g/mol. The summed E-state index contributed by atoms with van der Waals surface area (Å²) < 4.78 is 22.7. The van der Waals surface area contributed by atoms with E-state index in [1.54, 1.807) is 17.4 Å². The number of carbonyl (C=O) groups excluding carboxylic acids is 1. The predicted octanol–water partition coefficient (Wildman–Crippen LogP) is 4.98. The number of halogens is 1. The molecule has 0 aliphatic heterocycles. The van der Waals surface area contributed by atoms with Gasteiger partial charge in [0.25, 0.3) is 5.91 Å². The Morgan fingerprint density at radius 2 is 1.70 bits per heavy atom. The molecule has 2 aromatic carbocycles. The second-order valence-corrected chi connectivity index (χ2v) is 7.84. The average molecular weight is 493 g/mol. The van der Waals surface area contributed by atoms with Crippen LogP contribution in [0.25, 0.3) is 0 Å². The highest BCUT2D eigenvalue weighted by Crippen LogP contribution is 2.48. The van der Waals surface area contributed by atoms with Crippen LogP contribution in [0.2, 0.25) is 0 Å². The maximum absolute atomic E-state index is 13.2. The number of nitrogens with two attached hydrogens (primary N) is 1. The van der Waals surface area contributed by atoms with Gasteiger partial charge in [0.2, 0.25) is 11.5 Å². The minimum absolute atomic E-state index is 0. The van der Waals surface area contributed by atoms with E-state index in [9.17, 15) is 4.79 Å². The van der Waals surface area contributed by atoms with E-state index in [0.717, 1.165) is 17.5 Å². The highest BCUT2D eigenvalue weighted by atomic mass is 35.5. The Morgan fingerprint density at radius 1 is 1.03 bits per heavy atom. The number of hydrogen-bond acceptors (Lipinski definition) is 7. The van der Waals surface area contributed by atoms with E-state index in [2.05, 4.69) is 5.32 Å². The SMILES string of the molecule is COc1c(Oc2ccc(CCN)cc2)cc(C(=O)NC(C)c2ccsc2)c(OC)c1OC.Cl. The highest BCUT2D eigenvalue weighted by Gasteiger charge is 2.26. The van der Waals surface area contributed by atoms with Crippen molar-refractivity contribution in [2.24, 2.45) is 5.73 Å². The molecule has 0 radical (unpaired) electrons. The predicted molar refractivity (Wildman–Crippen MR) is 133 cm³/mol. The van der Waals surface area contributed by atoms with Crippen molar-refractivity contribution < 1.29 is 23.7 Å². The Hall–Kier alpha value is -2.94. The number of ether oxygens (including phenoxy) is 4. The second-order valence-electron chi connectivity index (χ2n) is 7.06. The molecule has 0 saturated heterocycles. The Bertz CT molecular complexity index is 1040. The van der Waals surface area contributed by atoms with Crippen LogP contribution in [0.5, 0.6) is 28.7 Å². The molecule has 3 rings (SSSR count). The molecule has 7 nitrogen and oxygen atoms in total. The molecule has 33 heavy (non-hydrogen) atoms. The van der Waals surface area contributed by atoms with Crippen LogP contribution in [-0.4, -0.2) is 33.8 Å². The largest absolute Gasteiger partial charge is 0.492 e. The van der Waals surface area contributed by atoms with Crippen LogP contribution in [-0.2, 0) is 6.42 Å². The number of nitrogens with one attached hydrogen (secondary N) is 1. The van der Waals surface area contributed by atoms with Crippen molar-refractivity contribution in [1.82, 2.24) is 5.32 Å². The summed E-state index contributed by atoms with van der Waals surface area (Å²) in [5.74, 6) is 1.49. The molecule has 0 spiro atoms. The summed E-state index contributed by atoms with van der Waals surface area (Å²) in [4.78, 5) is 13.2. The van der Waals surface area contributed by atoms with Gasteiger partial charge in [0.15, 0.2) is 11.5 Å². The Balaban J connectivity index is 0.00000385. The molecular formula is C24H29ClN2O5S. The lowest BCUT2D eigenvalue weighted by atomic mass is 10.1. The van der Waals surface area contributed by atoms with Crippen molar-refractivity contribution >= 4 is 29.7 Å². The number of amides is 1. The fourth-order valence-corrected chi connectivity index (χ4v) is 4.08. The molecule has 3 N–H and O–H groups in total. The standard InChI is InChI=1S/C24H28N2O5S.ClH/c1-15(17-10-12-32-14-17)26-24(27)19-13-20(22(29-3)23(30-4)21(19)28-2)31-18-7-5-16(6-8-18)9-11-25;/h5-8,10,12-15H,9,11,25H2,1-4H3,(H,26,27);1H. The quantitative estimate of drug-likeness (QED) is 0.414. The maximum Gasteiger partial charge on any atom is 0.255 e. The molecule has 3 aromatic rings. The topological polar surface area (TPSA) is 92.0 Å². The zero-order chi connectivity index (χ0) is 23.1. The van der Waals surface area contributed by atoms with E-state index in [-0.39, 0.29) is 41.4 Å². The molecular weight excluding hydrogens is 464 g/mol. The number of rotatable bonds is 10. The van der Waals surface area contributed by atoms with Crippen molar-refractivity contribution in [2.45, 2.75) is 19.4 Å². The Kier molecular flexibility index (Phi) is 9.84. The van der Waals surface area contributed by atoms with E-state index in [1.807, 2.05) is 48.0 Å². The van der Waals surface area contributed by atoms with Gasteiger partial charge in [0.05, 0.1) is 32.9 Å². The van der Waals surface area contributed by atoms with Gasteiger partial charge in [-0.1, -0.05) is 12.1 Å². The van der Waals surface area contributed by atoms with Gasteiger partial charge >= 0.3 is 0 Å². The summed E-state index contributed by atoms with van der Waals surface area (Å²) in [6.07, 6.45) is 0.784. The van der Waals surface area contributed by atoms with Crippen LogP contribution < -0.4 is 30.0 Å². The molecule has 9 heteroatoms. The molecule has 0 fully saturated rings. The van der Waals surface area contributed by atoms with Gasteiger partial charge in [0.1, 0.15) is 5.75 Å². The minimum Gasteiger partial charge on any atom is -0.492 e. The Labute approximate surface area is 204 Å². The van der Waals surface area contributed by atoms with Crippen LogP contribution in [0.3, 0.4) is 0 Å². The maximum atomic E-state index is 13.2. The summed E-state index contributed by atoms with van der Waals surface area (Å²) in [5.41, 5.74) is 8.04. The first-order valence-corrected chi connectivity index (χ1v) is 11.1. The molecule has 0 saturated carbocycles. The fraction of sp³-hybridized carbons (Fsp3) is 0.292. The number of hydrogen-bond donors (Lipinski definition) is 2. The van der Waals surface area contributed by atoms with Crippen molar-refractivity contribution in [3.05, 3.63) is 63.8 Å². The van der Waals surface area contributed by atoms with Gasteiger partial charge in [0, 0.05) is 6.07 Å². The smallest absolute Gasteiger partial charge is 0.255 e. The zero-order valence-electron chi connectivity index (χ0n) is 19.0. The third-order valence-electron chi connectivity index (χ3n) is 4.99. The summed E-state index contributed by atoms with van der Waals surface area (Å²) in [5, 5.41) is 6.97. The van der Waals surface area contributed by atoms with Crippen molar-refractivity contribution in [3.8, 4) is 28.7 Å². The van der Waals surface area contributed by atoms with E-state index in [4.69, 9.17) is 24.7 Å². The molecule has 0 bridgehead atoms. The van der Waals surface area contributed by atoms with E-state index >= 15 is 0 Å². The highest BCUT2D eigenvalue weighted by molar-refractivity contribution is 7.08. The number of thiophene rings is 1. The van der Waals surface area contributed by atoms with Crippen LogP contribution in [0.15, 0.2) is 47.2 Å². The molecule has 1 unspecified atom stereocenters. The van der Waals surface area contributed by atoms with Gasteiger partial charge in [-0.2, -0.15) is 11.3 Å². The normalized spacial score (nSPS) is 11.2. The number of benzene rings is 2. The van der Waals surface area contributed by atoms with Gasteiger partial charge in [-0.05, 0) is 60.0 Å². The van der Waals surface area contributed by atoms with Gasteiger partial charge in [-0.3, -0.25) is 4.79 Å². The summed E-state index contributed by atoms with van der Waals surface area (Å²) in [6, 6.07) is 11.0. The second kappa shape index (κ2) is 12.3. The lowest BCUT2D eigenvalue weighted by Crippen LogP contribution is -2.27. The lowest BCUT2D eigenvalue weighted by Gasteiger charge is -2.20.